The fourth-order valence-corrected chi connectivity index (χ4v) is 0.425. The van der Waals surface area contributed by atoms with Crippen molar-refractivity contribution in [1.82, 2.24) is 0 Å². The van der Waals surface area contributed by atoms with E-state index in [2.05, 4.69) is 9.24 Å². The maximum Gasteiger partial charge on any atom is 0.0936 e. The minimum Gasteiger partial charge on any atom is -0.382 e. The van der Waals surface area contributed by atoms with Gasteiger partial charge in [-0.25, -0.2) is 0 Å². The standard InChI is InChI=1S/C4H11O2P.Pd/c1-5-3-4(7)6-2;/h4H,3,7H2,1-2H3;. The van der Waals surface area contributed by atoms with Gasteiger partial charge in [0.1, 0.15) is 0 Å². The van der Waals surface area contributed by atoms with Crippen LogP contribution >= 0.6 is 9.24 Å². The van der Waals surface area contributed by atoms with Crippen molar-refractivity contribution in [3.63, 3.8) is 0 Å². The zero-order valence-corrected chi connectivity index (χ0v) is 7.70. The molecule has 2 atom stereocenters. The molecule has 0 saturated carbocycles. The van der Waals surface area contributed by atoms with E-state index >= 15 is 0 Å². The van der Waals surface area contributed by atoms with Gasteiger partial charge in [0.2, 0.25) is 0 Å². The van der Waals surface area contributed by atoms with Gasteiger partial charge in [-0.05, 0) is 0 Å². The average Bonchev–Trinajstić information content (AvgIpc) is 1.68. The molecule has 0 radical (unpaired) electrons. The fourth-order valence-electron chi connectivity index (χ4n) is 0.232. The van der Waals surface area contributed by atoms with Crippen LogP contribution in [-0.4, -0.2) is 26.7 Å². The van der Waals surface area contributed by atoms with Crippen LogP contribution in [0.25, 0.3) is 0 Å². The SMILES string of the molecule is COCC(P)OC.[Pd]. The summed E-state index contributed by atoms with van der Waals surface area (Å²) in [6.07, 6.45) is 0. The molecule has 0 saturated heterocycles. The van der Waals surface area contributed by atoms with Crippen molar-refractivity contribution in [1.29, 1.82) is 0 Å². The summed E-state index contributed by atoms with van der Waals surface area (Å²) >= 11 is 0. The van der Waals surface area contributed by atoms with Crippen LogP contribution in [0.15, 0.2) is 0 Å². The number of hydrogen-bond donors (Lipinski definition) is 0. The van der Waals surface area contributed by atoms with Gasteiger partial charge in [0.25, 0.3) is 0 Å². The molecule has 2 unspecified atom stereocenters. The largest absolute Gasteiger partial charge is 0.382 e. The van der Waals surface area contributed by atoms with E-state index in [1.165, 1.54) is 0 Å². The molecule has 0 fully saturated rings. The number of rotatable bonds is 3. The molecule has 0 N–H and O–H groups in total. The minimum absolute atomic E-state index is 0. The van der Waals surface area contributed by atoms with Gasteiger partial charge in [0.15, 0.2) is 0 Å². The summed E-state index contributed by atoms with van der Waals surface area (Å²) in [5.41, 5.74) is 0. The van der Waals surface area contributed by atoms with Crippen molar-refractivity contribution in [2.24, 2.45) is 0 Å². The Morgan fingerprint density at radius 1 is 1.50 bits per heavy atom. The van der Waals surface area contributed by atoms with Crippen molar-refractivity contribution < 1.29 is 29.9 Å². The summed E-state index contributed by atoms with van der Waals surface area (Å²) in [6, 6.07) is 0. The Labute approximate surface area is 66.2 Å². The van der Waals surface area contributed by atoms with Crippen LogP contribution in [0.4, 0.5) is 0 Å². The Morgan fingerprint density at radius 2 is 2.00 bits per heavy atom. The van der Waals surface area contributed by atoms with Gasteiger partial charge in [-0.3, -0.25) is 0 Å². The van der Waals surface area contributed by atoms with Crippen molar-refractivity contribution >= 4 is 9.24 Å². The van der Waals surface area contributed by atoms with E-state index in [4.69, 9.17) is 9.47 Å². The number of ether oxygens (including phenoxy) is 2. The van der Waals surface area contributed by atoms with Gasteiger partial charge in [-0.2, -0.15) is 0 Å². The van der Waals surface area contributed by atoms with E-state index in [9.17, 15) is 0 Å². The van der Waals surface area contributed by atoms with E-state index in [0.717, 1.165) is 0 Å². The van der Waals surface area contributed by atoms with Gasteiger partial charge >= 0.3 is 0 Å². The van der Waals surface area contributed by atoms with Gasteiger partial charge in [0.05, 0.1) is 12.5 Å². The second-order valence-electron chi connectivity index (χ2n) is 1.23. The molecular formula is C4H11O2PPd. The smallest absolute Gasteiger partial charge is 0.0936 e. The van der Waals surface area contributed by atoms with Crippen molar-refractivity contribution in [3.8, 4) is 0 Å². The van der Waals surface area contributed by atoms with Crippen molar-refractivity contribution in [3.05, 3.63) is 0 Å². The number of hydrogen-bond acceptors (Lipinski definition) is 2. The van der Waals surface area contributed by atoms with Crippen LogP contribution in [0, 0.1) is 0 Å². The summed E-state index contributed by atoms with van der Waals surface area (Å²) in [7, 11) is 5.81. The monoisotopic (exact) mass is 228 g/mol. The number of methoxy groups -OCH3 is 2. The third kappa shape index (κ3) is 7.01. The van der Waals surface area contributed by atoms with E-state index in [0.29, 0.717) is 6.61 Å². The van der Waals surface area contributed by atoms with Gasteiger partial charge in [-0.15, -0.1) is 9.24 Å². The normalized spacial score (nSPS) is 12.4. The molecule has 0 aromatic heterocycles. The van der Waals surface area contributed by atoms with E-state index in [1.807, 2.05) is 0 Å². The predicted molar refractivity (Wildman–Crippen MR) is 32.4 cm³/mol. The molecule has 0 aliphatic heterocycles. The maximum absolute atomic E-state index is 4.83. The Hall–Kier alpha value is 1.01. The van der Waals surface area contributed by atoms with Crippen molar-refractivity contribution in [2.75, 3.05) is 20.8 Å². The quantitative estimate of drug-likeness (QED) is 0.517. The van der Waals surface area contributed by atoms with Crippen LogP contribution in [0.2, 0.25) is 0 Å². The molecule has 0 aliphatic carbocycles. The third-order valence-corrected chi connectivity index (χ3v) is 1.10. The van der Waals surface area contributed by atoms with E-state index in [1.54, 1.807) is 14.2 Å². The fraction of sp³-hybridized carbons (Fsp3) is 1.00. The Bertz CT molecular complexity index is 45.0. The predicted octanol–water partition coefficient (Wildman–Crippen LogP) is 0.478. The molecule has 0 aromatic carbocycles. The summed E-state index contributed by atoms with van der Waals surface area (Å²) in [5.74, 6) is 0.144. The van der Waals surface area contributed by atoms with Gasteiger partial charge in [0, 0.05) is 34.6 Å². The van der Waals surface area contributed by atoms with Gasteiger partial charge in [-0.1, -0.05) is 0 Å². The van der Waals surface area contributed by atoms with Crippen molar-refractivity contribution in [2.45, 2.75) is 5.85 Å². The zero-order valence-electron chi connectivity index (χ0n) is 4.99. The van der Waals surface area contributed by atoms with Crippen LogP contribution in [0.1, 0.15) is 0 Å². The maximum atomic E-state index is 4.83. The second-order valence-corrected chi connectivity index (χ2v) is 1.97. The van der Waals surface area contributed by atoms with E-state index in [-0.39, 0.29) is 26.3 Å². The Kier molecular flexibility index (Phi) is 11.8. The van der Waals surface area contributed by atoms with Crippen LogP contribution in [0.3, 0.4) is 0 Å². The summed E-state index contributed by atoms with van der Waals surface area (Å²) in [5, 5.41) is 0. The molecule has 0 heterocycles. The molecule has 0 amide bonds. The Balaban J connectivity index is 0. The molecule has 8 heavy (non-hydrogen) atoms. The first-order valence-corrected chi connectivity index (χ1v) is 2.75. The van der Waals surface area contributed by atoms with E-state index < -0.39 is 0 Å². The summed E-state index contributed by atoms with van der Waals surface area (Å²) in [6.45, 7) is 0.640. The van der Waals surface area contributed by atoms with Gasteiger partial charge < -0.3 is 9.47 Å². The molecule has 0 rings (SSSR count). The topological polar surface area (TPSA) is 18.5 Å². The molecule has 54 valence electrons. The first-order chi connectivity index (χ1) is 3.31. The summed E-state index contributed by atoms with van der Waals surface area (Å²) < 4.78 is 9.58. The van der Waals surface area contributed by atoms with Crippen LogP contribution in [0.5, 0.6) is 0 Å². The molecule has 4 heteroatoms. The zero-order chi connectivity index (χ0) is 5.70. The molecule has 2 nitrogen and oxygen atoms in total. The first-order valence-electron chi connectivity index (χ1n) is 2.08. The average molecular weight is 229 g/mol. The van der Waals surface area contributed by atoms with Crippen LogP contribution in [-0.2, 0) is 29.9 Å². The Morgan fingerprint density at radius 3 is 2.12 bits per heavy atom. The molecule has 0 bridgehead atoms. The summed E-state index contributed by atoms with van der Waals surface area (Å²) in [4.78, 5) is 0. The molecule has 0 aliphatic rings. The first kappa shape index (κ1) is 11.8. The molecule has 0 aromatic rings. The molecular weight excluding hydrogens is 217 g/mol. The second kappa shape index (κ2) is 8.01. The minimum atomic E-state index is 0. The molecule has 0 spiro atoms. The third-order valence-electron chi connectivity index (χ3n) is 0.634. The van der Waals surface area contributed by atoms with Crippen LogP contribution < -0.4 is 0 Å².